The Kier molecular flexibility index (Phi) is 2.15. The van der Waals surface area contributed by atoms with Crippen molar-refractivity contribution >= 4 is 24.4 Å². The number of rotatable bonds is 1. The number of aliphatic imine (C=N–C) groups is 1. The van der Waals surface area contributed by atoms with E-state index in [-0.39, 0.29) is 0 Å². The Balaban J connectivity index is 3.14. The van der Waals surface area contributed by atoms with Crippen molar-refractivity contribution in [1.82, 2.24) is 0 Å². The molecule has 2 nitrogen and oxygen atoms in total. The lowest BCUT2D eigenvalue weighted by Gasteiger charge is -1.90. The molecule has 0 N–H and O–H groups in total. The van der Waals surface area contributed by atoms with Gasteiger partial charge in [-0.2, -0.15) is 4.99 Å². The van der Waals surface area contributed by atoms with Gasteiger partial charge in [-0.05, 0) is 12.1 Å². The number of hydrogen-bond acceptors (Lipinski definition) is 2. The molecule has 0 aliphatic carbocycles. The lowest BCUT2D eigenvalue weighted by Crippen LogP contribution is -1.65. The van der Waals surface area contributed by atoms with Crippen LogP contribution in [0, 0.1) is 0 Å². The minimum Gasteiger partial charge on any atom is -0.211 e. The fourth-order valence-corrected chi connectivity index (χ4v) is 0.791. The molecule has 1 rings (SSSR count). The summed E-state index contributed by atoms with van der Waals surface area (Å²) in [6.07, 6.45) is 1.43. The lowest BCUT2D eigenvalue weighted by atomic mass is 10.3. The molecule has 0 aliphatic rings. The second-order valence-electron chi connectivity index (χ2n) is 1.67. The summed E-state index contributed by atoms with van der Waals surface area (Å²) >= 11 is 4.84. The summed E-state index contributed by atoms with van der Waals surface area (Å²) in [6, 6.07) is 6.96. The summed E-state index contributed by atoms with van der Waals surface area (Å²) in [5.41, 5.74) is 0.507. The van der Waals surface area contributed by atoms with E-state index in [1.807, 2.05) is 0 Å². The molecule has 0 atom stereocenters. The summed E-state index contributed by atoms with van der Waals surface area (Å²) in [7, 11) is 0. The summed E-state index contributed by atoms with van der Waals surface area (Å²) in [4.78, 5) is 13.8. The van der Waals surface area contributed by atoms with Crippen LogP contribution >= 0.6 is 12.6 Å². The minimum absolute atomic E-state index is 0.507. The number of nitrogens with zero attached hydrogens (tertiary/aromatic N) is 1. The molecule has 0 bridgehead atoms. The molecule has 0 unspecified atom stereocenters. The second-order valence-corrected chi connectivity index (χ2v) is 2.11. The Morgan fingerprint density at radius 2 is 2.10 bits per heavy atom. The molecular formula is C7H4NOS. The quantitative estimate of drug-likeness (QED) is 0.445. The van der Waals surface area contributed by atoms with E-state index in [9.17, 15) is 4.79 Å². The van der Waals surface area contributed by atoms with Gasteiger partial charge in [0.1, 0.15) is 0 Å². The Hall–Kier alpha value is -1.18. The number of para-hydroxylation sites is 1. The van der Waals surface area contributed by atoms with Crippen LogP contribution in [-0.4, -0.2) is 6.08 Å². The van der Waals surface area contributed by atoms with Crippen molar-refractivity contribution in [3.63, 3.8) is 0 Å². The van der Waals surface area contributed by atoms with E-state index in [1.54, 1.807) is 24.3 Å². The molecule has 0 fully saturated rings. The van der Waals surface area contributed by atoms with Crippen LogP contribution in [0.1, 0.15) is 0 Å². The highest BCUT2D eigenvalue weighted by Crippen LogP contribution is 2.20. The van der Waals surface area contributed by atoms with Crippen LogP contribution in [0.3, 0.4) is 0 Å². The third-order valence-corrected chi connectivity index (χ3v) is 1.38. The first kappa shape index (κ1) is 6.93. The van der Waals surface area contributed by atoms with Crippen molar-refractivity contribution in [2.45, 2.75) is 4.90 Å². The fourth-order valence-electron chi connectivity index (χ4n) is 0.599. The molecule has 0 amide bonds. The standard InChI is InChI=1S/C7H4NOS/c9-5-8-6-3-1-2-4-7(6)10/h1-4H. The third-order valence-electron chi connectivity index (χ3n) is 1.03. The highest BCUT2D eigenvalue weighted by molar-refractivity contribution is 7.80. The number of isocyanates is 1. The first-order chi connectivity index (χ1) is 4.84. The number of hydrogen-bond donors (Lipinski definition) is 0. The van der Waals surface area contributed by atoms with Gasteiger partial charge in [-0.25, -0.2) is 4.79 Å². The molecule has 0 saturated heterocycles. The van der Waals surface area contributed by atoms with Gasteiger partial charge in [0.05, 0.1) is 10.6 Å². The van der Waals surface area contributed by atoms with Gasteiger partial charge in [0.2, 0.25) is 6.08 Å². The number of carbonyl (C=O) groups excluding carboxylic acids is 1. The summed E-state index contributed by atoms with van der Waals surface area (Å²) in [5, 5.41) is 0. The topological polar surface area (TPSA) is 29.4 Å². The van der Waals surface area contributed by atoms with Gasteiger partial charge >= 0.3 is 0 Å². The van der Waals surface area contributed by atoms with E-state index >= 15 is 0 Å². The summed E-state index contributed by atoms with van der Waals surface area (Å²) in [5.74, 6) is 0. The monoisotopic (exact) mass is 150 g/mol. The lowest BCUT2D eigenvalue weighted by molar-refractivity contribution is 0.565. The Bertz CT molecular complexity index is 279. The van der Waals surface area contributed by atoms with Gasteiger partial charge in [0.15, 0.2) is 0 Å². The maximum atomic E-state index is 9.79. The molecule has 3 heteroatoms. The zero-order valence-corrected chi connectivity index (χ0v) is 5.89. The van der Waals surface area contributed by atoms with Crippen LogP contribution in [0.4, 0.5) is 5.69 Å². The molecule has 49 valence electrons. The number of benzene rings is 1. The van der Waals surface area contributed by atoms with Crippen LogP contribution in [0.2, 0.25) is 0 Å². The van der Waals surface area contributed by atoms with E-state index in [1.165, 1.54) is 6.08 Å². The molecule has 1 aromatic carbocycles. The largest absolute Gasteiger partial charge is 0.240 e. The fraction of sp³-hybridized carbons (Fsp3) is 0. The van der Waals surface area contributed by atoms with Crippen LogP contribution in [0.15, 0.2) is 34.2 Å². The first-order valence-corrected chi connectivity index (χ1v) is 3.09. The zero-order valence-electron chi connectivity index (χ0n) is 5.07. The zero-order chi connectivity index (χ0) is 7.40. The van der Waals surface area contributed by atoms with Crippen molar-refractivity contribution < 1.29 is 4.79 Å². The Labute approximate surface area is 64.0 Å². The van der Waals surface area contributed by atoms with E-state index < -0.39 is 0 Å². The Morgan fingerprint density at radius 1 is 1.40 bits per heavy atom. The van der Waals surface area contributed by atoms with Crippen LogP contribution in [0.25, 0.3) is 0 Å². The molecule has 1 aromatic rings. The van der Waals surface area contributed by atoms with Gasteiger partial charge in [-0.3, -0.25) is 0 Å². The third kappa shape index (κ3) is 1.41. The van der Waals surface area contributed by atoms with Crippen molar-refractivity contribution in [3.8, 4) is 0 Å². The average molecular weight is 150 g/mol. The summed E-state index contributed by atoms with van der Waals surface area (Å²) in [6.45, 7) is 0. The molecule has 0 heterocycles. The maximum Gasteiger partial charge on any atom is 0.240 e. The van der Waals surface area contributed by atoms with Crippen molar-refractivity contribution in [3.05, 3.63) is 24.3 Å². The van der Waals surface area contributed by atoms with Crippen molar-refractivity contribution in [1.29, 1.82) is 0 Å². The first-order valence-electron chi connectivity index (χ1n) is 2.68. The molecule has 0 saturated carbocycles. The van der Waals surface area contributed by atoms with Gasteiger partial charge in [-0.15, -0.1) is 0 Å². The normalized spacial score (nSPS) is 8.40. The average Bonchev–Trinajstić information content (AvgIpc) is 1.94. The van der Waals surface area contributed by atoms with Gasteiger partial charge in [-0.1, -0.05) is 24.8 Å². The van der Waals surface area contributed by atoms with E-state index in [2.05, 4.69) is 4.99 Å². The Morgan fingerprint density at radius 3 is 2.70 bits per heavy atom. The SMILES string of the molecule is O=C=Nc1ccccc1[S]. The van der Waals surface area contributed by atoms with Gasteiger partial charge in [0.25, 0.3) is 0 Å². The van der Waals surface area contributed by atoms with Crippen molar-refractivity contribution in [2.75, 3.05) is 0 Å². The minimum atomic E-state index is 0.507. The van der Waals surface area contributed by atoms with E-state index in [4.69, 9.17) is 12.6 Å². The van der Waals surface area contributed by atoms with Crippen LogP contribution in [-0.2, 0) is 4.79 Å². The smallest absolute Gasteiger partial charge is 0.211 e. The second kappa shape index (κ2) is 3.11. The molecule has 0 spiro atoms. The molecule has 0 aliphatic heterocycles. The van der Waals surface area contributed by atoms with Gasteiger partial charge in [0, 0.05) is 0 Å². The maximum absolute atomic E-state index is 9.79. The predicted molar refractivity (Wildman–Crippen MR) is 40.1 cm³/mol. The molecule has 0 aromatic heterocycles. The van der Waals surface area contributed by atoms with E-state index in [0.717, 1.165) is 0 Å². The predicted octanol–water partition coefficient (Wildman–Crippen LogP) is 2.21. The highest BCUT2D eigenvalue weighted by atomic mass is 32.1. The van der Waals surface area contributed by atoms with Crippen LogP contribution < -0.4 is 0 Å². The van der Waals surface area contributed by atoms with Gasteiger partial charge < -0.3 is 0 Å². The van der Waals surface area contributed by atoms with E-state index in [0.29, 0.717) is 10.6 Å². The molecule has 10 heavy (non-hydrogen) atoms. The summed E-state index contributed by atoms with van der Waals surface area (Å²) < 4.78 is 0. The van der Waals surface area contributed by atoms with Crippen LogP contribution in [0.5, 0.6) is 0 Å². The molecule has 1 radical (unpaired) electrons. The highest BCUT2D eigenvalue weighted by Gasteiger charge is 1.92. The van der Waals surface area contributed by atoms with Crippen molar-refractivity contribution in [2.24, 2.45) is 4.99 Å². The molecular weight excluding hydrogens is 146 g/mol.